The van der Waals surface area contributed by atoms with Crippen LogP contribution in [0.15, 0.2) is 54.1 Å². The molecule has 4 rings (SSSR count). The van der Waals surface area contributed by atoms with E-state index in [9.17, 15) is 24.5 Å². The standard InChI is InChI=1S/C26H24N4O6/c1-5-36-23-9-7-6-8-21(23)29-25(32)20(24(31)27-26(29)33)13-18-12-16(3)28(17(18)4)19-11-10-15(2)22(14-19)30(34)35/h6-14H,5H2,1-4H3,(H,27,31,33)/b20-13+. The summed E-state index contributed by atoms with van der Waals surface area (Å²) in [6.07, 6.45) is 1.42. The van der Waals surface area contributed by atoms with E-state index in [0.717, 1.165) is 10.6 Å². The molecule has 3 aromatic rings. The van der Waals surface area contributed by atoms with Gasteiger partial charge in [0.2, 0.25) is 0 Å². The summed E-state index contributed by atoms with van der Waals surface area (Å²) in [7, 11) is 0. The molecule has 0 atom stereocenters. The van der Waals surface area contributed by atoms with Crippen molar-refractivity contribution < 1.29 is 24.0 Å². The van der Waals surface area contributed by atoms with Crippen LogP contribution in [-0.2, 0) is 9.59 Å². The van der Waals surface area contributed by atoms with Crippen LogP contribution in [0.25, 0.3) is 11.8 Å². The average Bonchev–Trinajstić information content (AvgIpc) is 3.10. The number of carbonyl (C=O) groups is 3. The molecule has 1 N–H and O–H groups in total. The van der Waals surface area contributed by atoms with Gasteiger partial charge in [-0.1, -0.05) is 18.2 Å². The Morgan fingerprint density at radius 1 is 1.06 bits per heavy atom. The number of barbiturate groups is 1. The highest BCUT2D eigenvalue weighted by molar-refractivity contribution is 6.39. The number of amides is 4. The van der Waals surface area contributed by atoms with E-state index in [-0.39, 0.29) is 16.9 Å². The molecule has 0 bridgehead atoms. The molecular formula is C26H24N4O6. The molecule has 0 unspecified atom stereocenters. The first-order valence-corrected chi connectivity index (χ1v) is 11.2. The molecule has 1 aliphatic heterocycles. The molecule has 184 valence electrons. The third-order valence-electron chi connectivity index (χ3n) is 5.93. The van der Waals surface area contributed by atoms with Gasteiger partial charge in [-0.15, -0.1) is 0 Å². The molecule has 10 nitrogen and oxygen atoms in total. The number of imide groups is 2. The molecule has 2 aromatic carbocycles. The summed E-state index contributed by atoms with van der Waals surface area (Å²) in [5, 5.41) is 13.6. The highest BCUT2D eigenvalue weighted by Gasteiger charge is 2.38. The Morgan fingerprint density at radius 2 is 1.78 bits per heavy atom. The van der Waals surface area contributed by atoms with Crippen molar-refractivity contribution in [3.63, 3.8) is 0 Å². The topological polar surface area (TPSA) is 124 Å². The van der Waals surface area contributed by atoms with Crippen molar-refractivity contribution in [3.8, 4) is 11.4 Å². The first-order valence-electron chi connectivity index (χ1n) is 11.2. The smallest absolute Gasteiger partial charge is 0.336 e. The Kier molecular flexibility index (Phi) is 6.43. The minimum absolute atomic E-state index is 0.0103. The van der Waals surface area contributed by atoms with Crippen molar-refractivity contribution in [2.75, 3.05) is 11.5 Å². The number of nitrogens with zero attached hydrogens (tertiary/aromatic N) is 3. The van der Waals surface area contributed by atoms with Crippen LogP contribution < -0.4 is 15.0 Å². The van der Waals surface area contributed by atoms with E-state index in [0.29, 0.717) is 34.9 Å². The van der Waals surface area contributed by atoms with Crippen LogP contribution in [0.3, 0.4) is 0 Å². The molecule has 1 aliphatic rings. The summed E-state index contributed by atoms with van der Waals surface area (Å²) >= 11 is 0. The highest BCUT2D eigenvalue weighted by atomic mass is 16.6. The Bertz CT molecular complexity index is 1450. The molecule has 36 heavy (non-hydrogen) atoms. The molecule has 4 amide bonds. The van der Waals surface area contributed by atoms with Crippen LogP contribution in [0.1, 0.15) is 29.4 Å². The Balaban J connectivity index is 1.78. The molecule has 0 spiro atoms. The van der Waals surface area contributed by atoms with Gasteiger partial charge in [-0.05, 0) is 63.6 Å². The first-order chi connectivity index (χ1) is 17.1. The first kappa shape index (κ1) is 24.4. The van der Waals surface area contributed by atoms with Crippen molar-refractivity contribution in [1.29, 1.82) is 0 Å². The Morgan fingerprint density at radius 3 is 2.47 bits per heavy atom. The van der Waals surface area contributed by atoms with Crippen LogP contribution in [0.4, 0.5) is 16.2 Å². The molecule has 1 aromatic heterocycles. The second-order valence-corrected chi connectivity index (χ2v) is 8.25. The molecule has 1 fully saturated rings. The number of carbonyl (C=O) groups excluding carboxylic acids is 3. The summed E-state index contributed by atoms with van der Waals surface area (Å²) < 4.78 is 7.36. The minimum atomic E-state index is -0.869. The predicted octanol–water partition coefficient (Wildman–Crippen LogP) is 4.38. The number of nitro groups is 1. The van der Waals surface area contributed by atoms with Gasteiger partial charge in [-0.3, -0.25) is 25.0 Å². The van der Waals surface area contributed by atoms with Gasteiger partial charge in [0.05, 0.1) is 22.9 Å². The van der Waals surface area contributed by atoms with Gasteiger partial charge >= 0.3 is 6.03 Å². The molecule has 2 heterocycles. The van der Waals surface area contributed by atoms with Crippen LogP contribution in [0, 0.1) is 30.9 Å². The minimum Gasteiger partial charge on any atom is -0.492 e. The van der Waals surface area contributed by atoms with Gasteiger partial charge in [-0.25, -0.2) is 9.69 Å². The third-order valence-corrected chi connectivity index (χ3v) is 5.93. The second-order valence-electron chi connectivity index (χ2n) is 8.25. The number of aryl methyl sites for hydroxylation is 2. The van der Waals surface area contributed by atoms with Crippen LogP contribution in [-0.4, -0.2) is 33.9 Å². The Hall–Kier alpha value is -4.73. The SMILES string of the molecule is CCOc1ccccc1N1C(=O)NC(=O)/C(=C\c2cc(C)n(-c3ccc(C)c([N+](=O)[O-])c3)c2C)C1=O. The summed E-state index contributed by atoms with van der Waals surface area (Å²) in [5.74, 6) is -1.27. The van der Waals surface area contributed by atoms with Gasteiger partial charge in [-0.2, -0.15) is 0 Å². The number of nitrogens with one attached hydrogen (secondary N) is 1. The average molecular weight is 489 g/mol. The van der Waals surface area contributed by atoms with E-state index < -0.39 is 22.8 Å². The number of aromatic nitrogens is 1. The number of hydrogen-bond acceptors (Lipinski definition) is 6. The molecule has 0 aliphatic carbocycles. The van der Waals surface area contributed by atoms with E-state index >= 15 is 0 Å². The number of hydrogen-bond donors (Lipinski definition) is 1. The summed E-state index contributed by atoms with van der Waals surface area (Å²) in [6, 6.07) is 12.4. The number of ether oxygens (including phenoxy) is 1. The van der Waals surface area contributed by atoms with Gasteiger partial charge in [0.1, 0.15) is 11.3 Å². The molecule has 0 radical (unpaired) electrons. The molecular weight excluding hydrogens is 464 g/mol. The van der Waals surface area contributed by atoms with E-state index in [1.807, 2.05) is 6.92 Å². The monoisotopic (exact) mass is 488 g/mol. The van der Waals surface area contributed by atoms with Crippen LogP contribution >= 0.6 is 0 Å². The van der Waals surface area contributed by atoms with Gasteiger partial charge < -0.3 is 9.30 Å². The maximum atomic E-state index is 13.4. The lowest BCUT2D eigenvalue weighted by Gasteiger charge is -2.27. The molecule has 0 saturated carbocycles. The fourth-order valence-corrected chi connectivity index (χ4v) is 4.22. The van der Waals surface area contributed by atoms with Crippen molar-refractivity contribution >= 4 is 35.3 Å². The van der Waals surface area contributed by atoms with Crippen molar-refractivity contribution in [1.82, 2.24) is 9.88 Å². The summed E-state index contributed by atoms with van der Waals surface area (Å²) in [5.41, 5.74) is 3.07. The van der Waals surface area contributed by atoms with Crippen molar-refractivity contribution in [3.05, 3.63) is 86.7 Å². The number of rotatable bonds is 6. The summed E-state index contributed by atoms with van der Waals surface area (Å²) in [4.78, 5) is 50.5. The maximum Gasteiger partial charge on any atom is 0.336 e. The van der Waals surface area contributed by atoms with E-state index in [1.54, 1.807) is 67.8 Å². The van der Waals surface area contributed by atoms with Gasteiger partial charge in [0.15, 0.2) is 0 Å². The van der Waals surface area contributed by atoms with Gasteiger partial charge in [0.25, 0.3) is 17.5 Å². The van der Waals surface area contributed by atoms with Crippen molar-refractivity contribution in [2.24, 2.45) is 0 Å². The quantitative estimate of drug-likeness (QED) is 0.238. The highest BCUT2D eigenvalue weighted by Crippen LogP contribution is 2.32. The lowest BCUT2D eigenvalue weighted by molar-refractivity contribution is -0.385. The van der Waals surface area contributed by atoms with Crippen molar-refractivity contribution in [2.45, 2.75) is 27.7 Å². The predicted molar refractivity (Wildman–Crippen MR) is 133 cm³/mol. The van der Waals surface area contributed by atoms with E-state index in [4.69, 9.17) is 4.74 Å². The number of anilines is 1. The van der Waals surface area contributed by atoms with Gasteiger partial charge in [0, 0.05) is 23.0 Å². The fourth-order valence-electron chi connectivity index (χ4n) is 4.22. The molecule has 10 heteroatoms. The van der Waals surface area contributed by atoms with Crippen LogP contribution in [0.5, 0.6) is 5.75 Å². The lowest BCUT2D eigenvalue weighted by Crippen LogP contribution is -2.54. The molecule has 1 saturated heterocycles. The number of nitro benzene ring substituents is 1. The number of urea groups is 1. The van der Waals surface area contributed by atoms with E-state index in [2.05, 4.69) is 5.32 Å². The lowest BCUT2D eigenvalue weighted by atomic mass is 10.1. The number of para-hydroxylation sites is 2. The summed E-state index contributed by atoms with van der Waals surface area (Å²) in [6.45, 7) is 7.37. The zero-order valence-electron chi connectivity index (χ0n) is 20.2. The zero-order chi connectivity index (χ0) is 26.1. The number of benzene rings is 2. The normalized spacial score (nSPS) is 14.8. The largest absolute Gasteiger partial charge is 0.492 e. The van der Waals surface area contributed by atoms with E-state index in [1.165, 1.54) is 12.1 Å². The van der Waals surface area contributed by atoms with Crippen LogP contribution in [0.2, 0.25) is 0 Å². The fraction of sp³-hybridized carbons (Fsp3) is 0.192. The maximum absolute atomic E-state index is 13.4. The Labute approximate surface area is 206 Å². The second kappa shape index (κ2) is 9.49. The zero-order valence-corrected chi connectivity index (χ0v) is 20.2. The third kappa shape index (κ3) is 4.24.